The van der Waals surface area contributed by atoms with Crippen LogP contribution in [0.2, 0.25) is 0 Å². The van der Waals surface area contributed by atoms with Crippen molar-refractivity contribution in [1.82, 2.24) is 4.90 Å². The third-order valence-electron chi connectivity index (χ3n) is 6.28. The number of hydrogen-bond acceptors (Lipinski definition) is 7. The molecule has 1 amide bonds. The molecule has 0 aromatic heterocycles. The molecule has 8 nitrogen and oxygen atoms in total. The van der Waals surface area contributed by atoms with Gasteiger partial charge in [-0.3, -0.25) is 4.79 Å². The lowest BCUT2D eigenvalue weighted by molar-refractivity contribution is 0.0582. The van der Waals surface area contributed by atoms with Crippen molar-refractivity contribution in [1.29, 1.82) is 0 Å². The Kier molecular flexibility index (Phi) is 7.63. The summed E-state index contributed by atoms with van der Waals surface area (Å²) >= 11 is 0. The van der Waals surface area contributed by atoms with Crippen LogP contribution in [0.1, 0.15) is 37.9 Å². The van der Waals surface area contributed by atoms with Crippen LogP contribution in [-0.4, -0.2) is 58.4 Å². The van der Waals surface area contributed by atoms with Crippen LogP contribution in [-0.2, 0) is 11.2 Å². The number of benzene rings is 3. The summed E-state index contributed by atoms with van der Waals surface area (Å²) in [7, 11) is 6.11. The summed E-state index contributed by atoms with van der Waals surface area (Å²) in [5.74, 6) is 1.97. The van der Waals surface area contributed by atoms with Gasteiger partial charge in [-0.05, 0) is 78.2 Å². The summed E-state index contributed by atoms with van der Waals surface area (Å²) in [6, 6.07) is 17.3. The summed E-state index contributed by atoms with van der Waals surface area (Å²) in [5.41, 5.74) is 3.00. The molecule has 0 aliphatic carbocycles. The highest BCUT2D eigenvalue weighted by molar-refractivity contribution is 5.95. The molecule has 1 aliphatic rings. The molecular formula is C28H29NO7. The number of amides is 1. The van der Waals surface area contributed by atoms with Gasteiger partial charge in [0.1, 0.15) is 18.1 Å². The largest absolute Gasteiger partial charge is 0.497 e. The van der Waals surface area contributed by atoms with E-state index < -0.39 is 5.97 Å². The Morgan fingerprint density at radius 1 is 0.806 bits per heavy atom. The zero-order valence-corrected chi connectivity index (χ0v) is 20.8. The molecule has 0 bridgehead atoms. The van der Waals surface area contributed by atoms with E-state index in [-0.39, 0.29) is 18.6 Å². The van der Waals surface area contributed by atoms with Crippen LogP contribution < -0.4 is 18.9 Å². The third-order valence-corrected chi connectivity index (χ3v) is 6.28. The Balaban J connectivity index is 1.65. The molecule has 0 saturated carbocycles. The predicted octanol–water partition coefficient (Wildman–Crippen LogP) is 4.32. The lowest BCUT2D eigenvalue weighted by Crippen LogP contribution is -2.42. The number of nitrogens with zero attached hydrogens (tertiary/aromatic N) is 1. The Morgan fingerprint density at radius 3 is 2.03 bits per heavy atom. The Bertz CT molecular complexity index is 1220. The Morgan fingerprint density at radius 2 is 1.42 bits per heavy atom. The molecule has 0 radical (unpaired) electrons. The number of ether oxygens (including phenoxy) is 5. The van der Waals surface area contributed by atoms with Crippen LogP contribution in [0, 0.1) is 0 Å². The molecule has 8 heteroatoms. The van der Waals surface area contributed by atoms with Crippen molar-refractivity contribution in [3.05, 3.63) is 82.9 Å². The van der Waals surface area contributed by atoms with E-state index in [0.29, 0.717) is 47.1 Å². The first-order chi connectivity index (χ1) is 17.5. The molecule has 0 fully saturated rings. The average molecular weight is 492 g/mol. The molecule has 0 spiro atoms. The molecule has 0 saturated heterocycles. The highest BCUT2D eigenvalue weighted by Crippen LogP contribution is 2.39. The van der Waals surface area contributed by atoms with Gasteiger partial charge >= 0.3 is 5.97 Å². The fourth-order valence-corrected chi connectivity index (χ4v) is 4.33. The number of rotatable bonds is 8. The van der Waals surface area contributed by atoms with Gasteiger partial charge in [-0.1, -0.05) is 0 Å². The Hall–Kier alpha value is -4.20. The quantitative estimate of drug-likeness (QED) is 0.434. The van der Waals surface area contributed by atoms with Crippen LogP contribution in [0.5, 0.6) is 23.0 Å². The van der Waals surface area contributed by atoms with Gasteiger partial charge in [0, 0.05) is 12.1 Å². The van der Waals surface area contributed by atoms with E-state index in [2.05, 4.69) is 0 Å². The summed E-state index contributed by atoms with van der Waals surface area (Å²) in [6.07, 6.45) is 0.669. The standard InChI is InChI=1S/C28H29NO7/c1-32-21-9-5-18(6-10-21)27(30)29-14-13-20-15-25(33-2)26(34-3)16-23(20)24(29)17-36-22-11-7-19(8-12-22)28(31)35-4/h5-12,15-16,24H,13-14,17H2,1-4H3/t24-/m1/s1. The van der Waals surface area contributed by atoms with Gasteiger partial charge in [-0.2, -0.15) is 0 Å². The van der Waals surface area contributed by atoms with Gasteiger partial charge in [0.05, 0.1) is 40.0 Å². The number of carbonyl (C=O) groups is 2. The molecule has 0 unspecified atom stereocenters. The minimum Gasteiger partial charge on any atom is -0.497 e. The topological polar surface area (TPSA) is 83.5 Å². The smallest absolute Gasteiger partial charge is 0.337 e. The number of esters is 1. The fourth-order valence-electron chi connectivity index (χ4n) is 4.33. The van der Waals surface area contributed by atoms with Gasteiger partial charge in [-0.25, -0.2) is 4.79 Å². The van der Waals surface area contributed by atoms with Crippen LogP contribution in [0.4, 0.5) is 0 Å². The van der Waals surface area contributed by atoms with Gasteiger partial charge in [0.15, 0.2) is 11.5 Å². The van der Waals surface area contributed by atoms with Crippen molar-refractivity contribution < 1.29 is 33.3 Å². The second-order valence-electron chi connectivity index (χ2n) is 8.23. The normalized spacial score (nSPS) is 14.4. The van der Waals surface area contributed by atoms with E-state index >= 15 is 0 Å². The predicted molar refractivity (Wildman–Crippen MR) is 133 cm³/mol. The molecule has 0 N–H and O–H groups in total. The van der Waals surface area contributed by atoms with Crippen LogP contribution >= 0.6 is 0 Å². The van der Waals surface area contributed by atoms with Gasteiger partial charge in [0.2, 0.25) is 0 Å². The monoisotopic (exact) mass is 491 g/mol. The van der Waals surface area contributed by atoms with Crippen molar-refractivity contribution in [3.8, 4) is 23.0 Å². The van der Waals surface area contributed by atoms with Crippen molar-refractivity contribution in [2.75, 3.05) is 41.6 Å². The second kappa shape index (κ2) is 11.0. The highest BCUT2D eigenvalue weighted by atomic mass is 16.5. The molecule has 1 atom stereocenters. The Labute approximate surface area is 210 Å². The molecule has 3 aromatic carbocycles. The molecule has 36 heavy (non-hydrogen) atoms. The maximum Gasteiger partial charge on any atom is 0.337 e. The lowest BCUT2D eigenvalue weighted by atomic mass is 9.91. The molecule has 188 valence electrons. The van der Waals surface area contributed by atoms with E-state index in [0.717, 1.165) is 11.1 Å². The van der Waals surface area contributed by atoms with E-state index in [4.69, 9.17) is 23.7 Å². The minimum absolute atomic E-state index is 0.104. The van der Waals surface area contributed by atoms with E-state index in [1.807, 2.05) is 17.0 Å². The van der Waals surface area contributed by atoms with E-state index in [1.165, 1.54) is 7.11 Å². The van der Waals surface area contributed by atoms with Gasteiger partial charge < -0.3 is 28.6 Å². The number of hydrogen-bond donors (Lipinski definition) is 0. The van der Waals surface area contributed by atoms with Crippen molar-refractivity contribution in [3.63, 3.8) is 0 Å². The maximum atomic E-state index is 13.6. The average Bonchev–Trinajstić information content (AvgIpc) is 2.94. The molecule has 3 aromatic rings. The first-order valence-corrected chi connectivity index (χ1v) is 11.5. The summed E-state index contributed by atoms with van der Waals surface area (Å²) < 4.78 is 27.1. The van der Waals surface area contributed by atoms with Crippen molar-refractivity contribution in [2.45, 2.75) is 12.5 Å². The lowest BCUT2D eigenvalue weighted by Gasteiger charge is -2.37. The second-order valence-corrected chi connectivity index (χ2v) is 8.23. The number of carbonyl (C=O) groups excluding carboxylic acids is 2. The van der Waals surface area contributed by atoms with E-state index in [1.54, 1.807) is 69.9 Å². The van der Waals surface area contributed by atoms with Crippen molar-refractivity contribution >= 4 is 11.9 Å². The SMILES string of the molecule is COC(=O)c1ccc(OC[C@@H]2c3cc(OC)c(OC)cc3CCN2C(=O)c2ccc(OC)cc2)cc1. The minimum atomic E-state index is -0.417. The zero-order chi connectivity index (χ0) is 25.7. The molecule has 4 rings (SSSR count). The molecular weight excluding hydrogens is 462 g/mol. The van der Waals surface area contributed by atoms with Crippen LogP contribution in [0.15, 0.2) is 60.7 Å². The van der Waals surface area contributed by atoms with Gasteiger partial charge in [0.25, 0.3) is 5.91 Å². The first-order valence-electron chi connectivity index (χ1n) is 11.5. The molecule has 1 aliphatic heterocycles. The highest BCUT2D eigenvalue weighted by Gasteiger charge is 2.33. The molecule has 1 heterocycles. The first kappa shape index (κ1) is 24.9. The van der Waals surface area contributed by atoms with Crippen LogP contribution in [0.3, 0.4) is 0 Å². The number of fused-ring (bicyclic) bond motifs is 1. The van der Waals surface area contributed by atoms with E-state index in [9.17, 15) is 9.59 Å². The summed E-state index contributed by atoms with van der Waals surface area (Å²) in [4.78, 5) is 27.1. The third kappa shape index (κ3) is 5.07. The maximum absolute atomic E-state index is 13.6. The summed E-state index contributed by atoms with van der Waals surface area (Å²) in [6.45, 7) is 0.727. The van der Waals surface area contributed by atoms with Crippen molar-refractivity contribution in [2.24, 2.45) is 0 Å². The van der Waals surface area contributed by atoms with Gasteiger partial charge in [-0.15, -0.1) is 0 Å². The zero-order valence-electron chi connectivity index (χ0n) is 20.8. The summed E-state index contributed by atoms with van der Waals surface area (Å²) in [5, 5.41) is 0. The van der Waals surface area contributed by atoms with Crippen LogP contribution in [0.25, 0.3) is 0 Å². The number of methoxy groups -OCH3 is 4. The fraction of sp³-hybridized carbons (Fsp3) is 0.286.